The molecule has 0 fully saturated rings. The number of hydrogen-bond acceptors (Lipinski definition) is 3. The summed E-state index contributed by atoms with van der Waals surface area (Å²) in [6, 6.07) is 17.3. The number of thiophene rings is 1. The van der Waals surface area contributed by atoms with Crippen LogP contribution >= 0.6 is 11.3 Å². The quantitative estimate of drug-likeness (QED) is 0.763. The van der Waals surface area contributed by atoms with Crippen molar-refractivity contribution >= 4 is 28.8 Å². The zero-order chi connectivity index (χ0) is 16.5. The Morgan fingerprint density at radius 2 is 1.88 bits per heavy atom. The summed E-state index contributed by atoms with van der Waals surface area (Å²) in [6.45, 7) is 0.473. The van der Waals surface area contributed by atoms with Gasteiger partial charge in [0.25, 0.3) is 11.8 Å². The van der Waals surface area contributed by atoms with Crippen molar-refractivity contribution in [2.24, 2.45) is 0 Å². The number of benzene rings is 2. The van der Waals surface area contributed by atoms with E-state index in [-0.39, 0.29) is 11.8 Å². The molecule has 0 aliphatic carbocycles. The molecule has 0 atom stereocenters. The molecular weight excluding hydrogens is 320 g/mol. The van der Waals surface area contributed by atoms with Crippen LogP contribution in [-0.2, 0) is 6.54 Å². The summed E-state index contributed by atoms with van der Waals surface area (Å²) in [6.07, 6.45) is 0. The van der Waals surface area contributed by atoms with Gasteiger partial charge in [0.05, 0.1) is 16.1 Å². The zero-order valence-electron chi connectivity index (χ0n) is 12.7. The lowest BCUT2D eigenvalue weighted by molar-refractivity contribution is 0.0966. The van der Waals surface area contributed by atoms with Crippen LogP contribution in [0.1, 0.15) is 25.6 Å². The van der Waals surface area contributed by atoms with E-state index in [0.717, 1.165) is 16.7 Å². The standard InChI is InChI=1S/C19H14N2O2S/c22-18(16-7-4-10-24-16)21-15-9-8-13(12-5-2-1-3-6-12)14-11-20-19(23)17(14)15/h1-10H,11H2,(H,20,23)(H,21,22). The Balaban J connectivity index is 1.76. The van der Waals surface area contributed by atoms with Gasteiger partial charge in [-0.3, -0.25) is 9.59 Å². The lowest BCUT2D eigenvalue weighted by atomic mass is 9.95. The van der Waals surface area contributed by atoms with Gasteiger partial charge in [-0.05, 0) is 34.2 Å². The molecule has 2 N–H and O–H groups in total. The number of fused-ring (bicyclic) bond motifs is 1. The van der Waals surface area contributed by atoms with Gasteiger partial charge in [-0.1, -0.05) is 42.5 Å². The van der Waals surface area contributed by atoms with Crippen molar-refractivity contribution < 1.29 is 9.59 Å². The number of rotatable bonds is 3. The molecule has 2 heterocycles. The summed E-state index contributed by atoms with van der Waals surface area (Å²) in [4.78, 5) is 25.2. The Bertz CT molecular complexity index is 918. The second-order valence-electron chi connectivity index (χ2n) is 5.49. The third-order valence-corrected chi connectivity index (χ3v) is 4.91. The summed E-state index contributed by atoms with van der Waals surface area (Å²) in [5.41, 5.74) is 4.11. The molecule has 3 aromatic rings. The summed E-state index contributed by atoms with van der Waals surface area (Å²) < 4.78 is 0. The molecule has 2 aromatic carbocycles. The van der Waals surface area contributed by atoms with Crippen LogP contribution in [0.3, 0.4) is 0 Å². The summed E-state index contributed by atoms with van der Waals surface area (Å²) in [7, 11) is 0. The van der Waals surface area contributed by atoms with Crippen LogP contribution in [0.2, 0.25) is 0 Å². The van der Waals surface area contributed by atoms with Crippen molar-refractivity contribution in [3.05, 3.63) is 76.0 Å². The number of hydrogen-bond donors (Lipinski definition) is 2. The smallest absolute Gasteiger partial charge is 0.265 e. The van der Waals surface area contributed by atoms with Crippen LogP contribution in [0.25, 0.3) is 11.1 Å². The largest absolute Gasteiger partial charge is 0.348 e. The molecule has 5 heteroatoms. The van der Waals surface area contributed by atoms with E-state index >= 15 is 0 Å². The van der Waals surface area contributed by atoms with Crippen molar-refractivity contribution in [3.63, 3.8) is 0 Å². The highest BCUT2D eigenvalue weighted by Gasteiger charge is 2.26. The monoisotopic (exact) mass is 334 g/mol. The second kappa shape index (κ2) is 5.94. The van der Waals surface area contributed by atoms with E-state index in [1.807, 2.05) is 47.8 Å². The number of anilines is 1. The summed E-state index contributed by atoms with van der Waals surface area (Å²) in [5, 5.41) is 7.57. The van der Waals surface area contributed by atoms with Gasteiger partial charge < -0.3 is 10.6 Å². The Morgan fingerprint density at radius 3 is 2.62 bits per heavy atom. The number of carbonyl (C=O) groups excluding carboxylic acids is 2. The number of amides is 2. The highest BCUT2D eigenvalue weighted by molar-refractivity contribution is 7.12. The predicted molar refractivity (Wildman–Crippen MR) is 95.3 cm³/mol. The fourth-order valence-corrected chi connectivity index (χ4v) is 3.55. The molecule has 0 unspecified atom stereocenters. The normalized spacial score (nSPS) is 12.6. The first-order valence-corrected chi connectivity index (χ1v) is 8.46. The molecule has 4 rings (SSSR count). The van der Waals surface area contributed by atoms with Gasteiger partial charge in [-0.25, -0.2) is 0 Å². The van der Waals surface area contributed by atoms with E-state index in [1.165, 1.54) is 11.3 Å². The van der Waals surface area contributed by atoms with Crippen molar-refractivity contribution in [3.8, 4) is 11.1 Å². The lowest BCUT2D eigenvalue weighted by Crippen LogP contribution is -2.16. The molecule has 0 saturated heterocycles. The van der Waals surface area contributed by atoms with Gasteiger partial charge in [0.2, 0.25) is 0 Å². The summed E-state index contributed by atoms with van der Waals surface area (Å²) in [5.74, 6) is -0.344. The van der Waals surface area contributed by atoms with E-state index in [2.05, 4.69) is 10.6 Å². The maximum Gasteiger partial charge on any atom is 0.265 e. The molecule has 2 amide bonds. The molecule has 1 aliphatic rings. The molecule has 4 nitrogen and oxygen atoms in total. The maximum atomic E-state index is 12.3. The second-order valence-corrected chi connectivity index (χ2v) is 6.44. The van der Waals surface area contributed by atoms with Crippen LogP contribution in [-0.4, -0.2) is 11.8 Å². The molecule has 118 valence electrons. The third kappa shape index (κ3) is 2.49. The van der Waals surface area contributed by atoms with Crippen molar-refractivity contribution in [1.82, 2.24) is 5.32 Å². The lowest BCUT2D eigenvalue weighted by Gasteiger charge is -2.12. The predicted octanol–water partition coefficient (Wildman–Crippen LogP) is 3.91. The summed E-state index contributed by atoms with van der Waals surface area (Å²) >= 11 is 1.37. The SMILES string of the molecule is O=C(Nc1ccc(-c2ccccc2)c2c1C(=O)NC2)c1cccs1. The van der Waals surface area contributed by atoms with E-state index < -0.39 is 0 Å². The fraction of sp³-hybridized carbons (Fsp3) is 0.0526. The first kappa shape index (κ1) is 14.7. The van der Waals surface area contributed by atoms with Crippen LogP contribution < -0.4 is 10.6 Å². The average molecular weight is 334 g/mol. The maximum absolute atomic E-state index is 12.3. The molecule has 0 bridgehead atoms. The topological polar surface area (TPSA) is 58.2 Å². The number of carbonyl (C=O) groups is 2. The van der Waals surface area contributed by atoms with E-state index in [4.69, 9.17) is 0 Å². The molecule has 1 aliphatic heterocycles. The van der Waals surface area contributed by atoms with Gasteiger partial charge in [0, 0.05) is 6.54 Å². The van der Waals surface area contributed by atoms with Crippen LogP contribution in [0.5, 0.6) is 0 Å². The average Bonchev–Trinajstić information content (AvgIpc) is 3.27. The van der Waals surface area contributed by atoms with Crippen molar-refractivity contribution in [2.45, 2.75) is 6.54 Å². The number of nitrogens with one attached hydrogen (secondary N) is 2. The van der Waals surface area contributed by atoms with Gasteiger partial charge >= 0.3 is 0 Å². The first-order valence-electron chi connectivity index (χ1n) is 7.58. The molecule has 0 radical (unpaired) electrons. The van der Waals surface area contributed by atoms with Crippen molar-refractivity contribution in [1.29, 1.82) is 0 Å². The molecule has 0 saturated carbocycles. The highest BCUT2D eigenvalue weighted by Crippen LogP contribution is 2.34. The molecule has 24 heavy (non-hydrogen) atoms. The molecule has 1 aromatic heterocycles. The van der Waals surface area contributed by atoms with Gasteiger partial charge in [0.1, 0.15) is 0 Å². The minimum Gasteiger partial charge on any atom is -0.348 e. The minimum atomic E-state index is -0.195. The van der Waals surface area contributed by atoms with Gasteiger partial charge in [-0.15, -0.1) is 11.3 Å². The fourth-order valence-electron chi connectivity index (χ4n) is 2.93. The van der Waals surface area contributed by atoms with E-state index in [0.29, 0.717) is 22.7 Å². The van der Waals surface area contributed by atoms with Gasteiger partial charge in [-0.2, -0.15) is 0 Å². The van der Waals surface area contributed by atoms with Gasteiger partial charge in [0.15, 0.2) is 0 Å². The molecular formula is C19H14N2O2S. The van der Waals surface area contributed by atoms with Crippen LogP contribution in [0.4, 0.5) is 5.69 Å². The molecule has 0 spiro atoms. The zero-order valence-corrected chi connectivity index (χ0v) is 13.5. The first-order chi connectivity index (χ1) is 11.7. The van der Waals surface area contributed by atoms with E-state index in [9.17, 15) is 9.59 Å². The Morgan fingerprint density at radius 1 is 1.04 bits per heavy atom. The van der Waals surface area contributed by atoms with Crippen LogP contribution in [0, 0.1) is 0 Å². The van der Waals surface area contributed by atoms with Crippen molar-refractivity contribution in [2.75, 3.05) is 5.32 Å². The Labute approximate surface area is 143 Å². The Kier molecular flexibility index (Phi) is 3.63. The van der Waals surface area contributed by atoms with E-state index in [1.54, 1.807) is 12.1 Å². The minimum absolute atomic E-state index is 0.149. The Hall–Kier alpha value is -2.92. The van der Waals surface area contributed by atoms with Crippen LogP contribution in [0.15, 0.2) is 60.0 Å². The third-order valence-electron chi connectivity index (χ3n) is 4.04. The highest BCUT2D eigenvalue weighted by atomic mass is 32.1.